The predicted molar refractivity (Wildman–Crippen MR) is 80.8 cm³/mol. The van der Waals surface area contributed by atoms with Gasteiger partial charge in [-0.15, -0.1) is 0 Å². The molecule has 0 spiro atoms. The van der Waals surface area contributed by atoms with Gasteiger partial charge in [0.15, 0.2) is 0 Å². The lowest BCUT2D eigenvalue weighted by atomic mass is 10.1. The summed E-state index contributed by atoms with van der Waals surface area (Å²) < 4.78 is 1.68. The number of fused-ring (bicyclic) bond motifs is 1. The Morgan fingerprint density at radius 3 is 2.57 bits per heavy atom. The zero-order valence-electron chi connectivity index (χ0n) is 11.8. The minimum atomic E-state index is -1.06. The smallest absolute Gasteiger partial charge is 0.336 e. The van der Waals surface area contributed by atoms with Crippen LogP contribution in [0.25, 0.3) is 10.9 Å². The summed E-state index contributed by atoms with van der Waals surface area (Å²) in [5.41, 5.74) is 0.528. The van der Waals surface area contributed by atoms with Crippen molar-refractivity contribution in [1.82, 2.24) is 9.47 Å². The summed E-state index contributed by atoms with van der Waals surface area (Å²) in [6, 6.07) is 8.43. The zero-order valence-corrected chi connectivity index (χ0v) is 11.8. The van der Waals surface area contributed by atoms with Crippen LogP contribution in [0.5, 0.6) is 0 Å². The lowest BCUT2D eigenvalue weighted by molar-refractivity contribution is 0.0698. The molecule has 0 atom stereocenters. The molecule has 2 aromatic rings. The number of aromatic carboxylic acids is 1. The standard InChI is InChI=1S/C16H18N2O3/c19-15-11-13(16(20)21)12-5-1-2-6-14(12)18(15)10-9-17-7-3-4-8-17/h1-2,5-6,11H,3-4,7-10H2,(H,20,21). The van der Waals surface area contributed by atoms with Crippen molar-refractivity contribution in [2.75, 3.05) is 19.6 Å². The van der Waals surface area contributed by atoms with Gasteiger partial charge < -0.3 is 14.6 Å². The van der Waals surface area contributed by atoms with Crippen LogP contribution in [0, 0.1) is 0 Å². The number of hydrogen-bond donors (Lipinski definition) is 1. The number of hydrogen-bond acceptors (Lipinski definition) is 3. The monoisotopic (exact) mass is 286 g/mol. The van der Waals surface area contributed by atoms with E-state index in [2.05, 4.69) is 4.90 Å². The Morgan fingerprint density at radius 2 is 1.86 bits per heavy atom. The summed E-state index contributed by atoms with van der Waals surface area (Å²) in [6.45, 7) is 3.59. The molecule has 5 nitrogen and oxygen atoms in total. The van der Waals surface area contributed by atoms with Crippen LogP contribution in [-0.4, -0.2) is 40.2 Å². The van der Waals surface area contributed by atoms with Gasteiger partial charge in [0.25, 0.3) is 5.56 Å². The molecule has 1 saturated heterocycles. The van der Waals surface area contributed by atoms with Gasteiger partial charge in [0, 0.05) is 24.5 Å². The van der Waals surface area contributed by atoms with E-state index in [0.29, 0.717) is 17.4 Å². The molecule has 0 amide bonds. The van der Waals surface area contributed by atoms with Gasteiger partial charge in [-0.1, -0.05) is 18.2 Å². The van der Waals surface area contributed by atoms with Gasteiger partial charge in [-0.25, -0.2) is 4.79 Å². The average Bonchev–Trinajstić information content (AvgIpc) is 2.98. The fourth-order valence-corrected chi connectivity index (χ4v) is 2.99. The fraction of sp³-hybridized carbons (Fsp3) is 0.375. The number of para-hydroxylation sites is 1. The minimum Gasteiger partial charge on any atom is -0.478 e. The molecule has 0 radical (unpaired) electrons. The molecule has 5 heteroatoms. The van der Waals surface area contributed by atoms with Crippen LogP contribution < -0.4 is 5.56 Å². The van der Waals surface area contributed by atoms with Crippen LogP contribution in [0.15, 0.2) is 35.1 Å². The number of carbonyl (C=O) groups is 1. The van der Waals surface area contributed by atoms with Gasteiger partial charge in [-0.3, -0.25) is 4.79 Å². The van der Waals surface area contributed by atoms with Gasteiger partial charge in [-0.2, -0.15) is 0 Å². The van der Waals surface area contributed by atoms with Crippen molar-refractivity contribution < 1.29 is 9.90 Å². The van der Waals surface area contributed by atoms with E-state index in [1.165, 1.54) is 18.9 Å². The summed E-state index contributed by atoms with van der Waals surface area (Å²) >= 11 is 0. The van der Waals surface area contributed by atoms with Crippen LogP contribution in [0.3, 0.4) is 0 Å². The first-order chi connectivity index (χ1) is 10.2. The molecular formula is C16H18N2O3. The number of nitrogens with zero attached hydrogens (tertiary/aromatic N) is 2. The number of benzene rings is 1. The topological polar surface area (TPSA) is 62.5 Å². The largest absolute Gasteiger partial charge is 0.478 e. The second-order valence-corrected chi connectivity index (χ2v) is 5.42. The van der Waals surface area contributed by atoms with E-state index in [-0.39, 0.29) is 11.1 Å². The molecule has 1 aliphatic rings. The molecule has 3 rings (SSSR count). The Hall–Kier alpha value is -2.14. The number of likely N-dealkylation sites (tertiary alicyclic amines) is 1. The first-order valence-electron chi connectivity index (χ1n) is 7.25. The number of pyridine rings is 1. The van der Waals surface area contributed by atoms with Crippen molar-refractivity contribution in [3.8, 4) is 0 Å². The highest BCUT2D eigenvalue weighted by atomic mass is 16.4. The van der Waals surface area contributed by atoms with Crippen LogP contribution >= 0.6 is 0 Å². The summed E-state index contributed by atoms with van der Waals surface area (Å²) in [4.78, 5) is 25.9. The van der Waals surface area contributed by atoms with Crippen molar-refractivity contribution in [1.29, 1.82) is 0 Å². The van der Waals surface area contributed by atoms with E-state index in [1.807, 2.05) is 12.1 Å². The Bertz CT molecular complexity index is 730. The van der Waals surface area contributed by atoms with Crippen molar-refractivity contribution in [2.24, 2.45) is 0 Å². The number of carboxylic acids is 1. The number of carboxylic acid groups (broad SMARTS) is 1. The first-order valence-corrected chi connectivity index (χ1v) is 7.25. The highest BCUT2D eigenvalue weighted by molar-refractivity contribution is 6.02. The van der Waals surface area contributed by atoms with E-state index in [0.717, 1.165) is 19.6 Å². The SMILES string of the molecule is O=C(O)c1cc(=O)n(CCN2CCCC2)c2ccccc12. The van der Waals surface area contributed by atoms with E-state index in [4.69, 9.17) is 0 Å². The number of rotatable bonds is 4. The normalized spacial score (nSPS) is 15.6. The maximum Gasteiger partial charge on any atom is 0.336 e. The molecule has 0 aliphatic carbocycles. The van der Waals surface area contributed by atoms with Gasteiger partial charge in [-0.05, 0) is 32.0 Å². The molecule has 0 unspecified atom stereocenters. The molecule has 110 valence electrons. The van der Waals surface area contributed by atoms with Gasteiger partial charge >= 0.3 is 5.97 Å². The lowest BCUT2D eigenvalue weighted by Crippen LogP contribution is -2.29. The molecule has 2 heterocycles. The third kappa shape index (κ3) is 2.69. The predicted octanol–water partition coefficient (Wildman–Crippen LogP) is 1.80. The maximum atomic E-state index is 12.2. The molecule has 1 aromatic heterocycles. The highest BCUT2D eigenvalue weighted by Gasteiger charge is 2.15. The van der Waals surface area contributed by atoms with Crippen molar-refractivity contribution in [2.45, 2.75) is 19.4 Å². The molecule has 1 N–H and O–H groups in total. The summed E-state index contributed by atoms with van der Waals surface area (Å²) in [5, 5.41) is 9.86. The molecule has 1 fully saturated rings. The highest BCUT2D eigenvalue weighted by Crippen LogP contribution is 2.17. The van der Waals surface area contributed by atoms with E-state index >= 15 is 0 Å². The lowest BCUT2D eigenvalue weighted by Gasteiger charge is -2.17. The Balaban J connectivity index is 2.01. The Labute approximate surface area is 122 Å². The quantitative estimate of drug-likeness (QED) is 0.931. The van der Waals surface area contributed by atoms with Crippen LogP contribution in [-0.2, 0) is 6.54 Å². The summed E-state index contributed by atoms with van der Waals surface area (Å²) in [7, 11) is 0. The number of aromatic nitrogens is 1. The van der Waals surface area contributed by atoms with E-state index in [1.54, 1.807) is 16.7 Å². The van der Waals surface area contributed by atoms with Gasteiger partial charge in [0.1, 0.15) is 0 Å². The fourth-order valence-electron chi connectivity index (χ4n) is 2.99. The van der Waals surface area contributed by atoms with Crippen molar-refractivity contribution in [3.05, 3.63) is 46.2 Å². The van der Waals surface area contributed by atoms with Crippen LogP contribution in [0.1, 0.15) is 23.2 Å². The molecule has 0 bridgehead atoms. The van der Waals surface area contributed by atoms with Crippen LogP contribution in [0.2, 0.25) is 0 Å². The molecule has 1 aliphatic heterocycles. The third-order valence-corrected chi connectivity index (χ3v) is 4.09. The Kier molecular flexibility index (Phi) is 3.75. The summed E-state index contributed by atoms with van der Waals surface area (Å²) in [5.74, 6) is -1.06. The van der Waals surface area contributed by atoms with E-state index < -0.39 is 5.97 Å². The molecule has 1 aromatic carbocycles. The van der Waals surface area contributed by atoms with Gasteiger partial charge in [0.2, 0.25) is 0 Å². The van der Waals surface area contributed by atoms with Crippen molar-refractivity contribution in [3.63, 3.8) is 0 Å². The third-order valence-electron chi connectivity index (χ3n) is 4.09. The second-order valence-electron chi connectivity index (χ2n) is 5.42. The van der Waals surface area contributed by atoms with Crippen molar-refractivity contribution >= 4 is 16.9 Å². The minimum absolute atomic E-state index is 0.0769. The maximum absolute atomic E-state index is 12.2. The zero-order chi connectivity index (χ0) is 14.8. The van der Waals surface area contributed by atoms with E-state index in [9.17, 15) is 14.7 Å². The summed E-state index contributed by atoms with van der Waals surface area (Å²) in [6.07, 6.45) is 2.43. The second kappa shape index (κ2) is 5.69. The first kappa shape index (κ1) is 13.8. The average molecular weight is 286 g/mol. The molecule has 21 heavy (non-hydrogen) atoms. The van der Waals surface area contributed by atoms with Crippen LogP contribution in [0.4, 0.5) is 0 Å². The van der Waals surface area contributed by atoms with Gasteiger partial charge in [0.05, 0.1) is 11.1 Å². The Morgan fingerprint density at radius 1 is 1.14 bits per heavy atom. The molecular weight excluding hydrogens is 268 g/mol. The molecule has 0 saturated carbocycles.